The number of hydrogen-bond acceptors (Lipinski definition) is 6. The summed E-state index contributed by atoms with van der Waals surface area (Å²) in [6, 6.07) is -0.857. The number of carbonyl (C=O) groups is 2. The van der Waals surface area contributed by atoms with Gasteiger partial charge in [0.15, 0.2) is 0 Å². The van der Waals surface area contributed by atoms with Crippen LogP contribution in [0.15, 0.2) is 72.9 Å². The quantitative estimate of drug-likeness (QED) is 0.0205. The number of nitrogens with zero attached hydrogens (tertiary/aromatic N) is 1. The van der Waals surface area contributed by atoms with Gasteiger partial charge in [0.1, 0.15) is 19.3 Å². The van der Waals surface area contributed by atoms with Crippen LogP contribution in [0.4, 0.5) is 0 Å². The Bertz CT molecular complexity index is 1620. The van der Waals surface area contributed by atoms with Crippen LogP contribution < -0.4 is 5.32 Å². The van der Waals surface area contributed by atoms with Gasteiger partial charge in [0.05, 0.1) is 33.8 Å². The number of ether oxygens (including phenoxy) is 1. The molecule has 2 N–H and O–H groups in total. The molecule has 0 heterocycles. The molecule has 9 nitrogen and oxygen atoms in total. The predicted octanol–water partition coefficient (Wildman–Crippen LogP) is 21.6. The summed E-state index contributed by atoms with van der Waals surface area (Å²) in [5.74, 6) is -0.512. The van der Waals surface area contributed by atoms with E-state index < -0.39 is 20.0 Å². The van der Waals surface area contributed by atoms with E-state index in [-0.39, 0.29) is 31.5 Å². The summed E-state index contributed by atoms with van der Waals surface area (Å²) >= 11 is 0. The maximum Gasteiger partial charge on any atom is 0.472 e. The van der Waals surface area contributed by atoms with Crippen molar-refractivity contribution in [1.29, 1.82) is 0 Å². The molecule has 0 spiro atoms. The highest BCUT2D eigenvalue weighted by molar-refractivity contribution is 7.47. The molecule has 0 aliphatic carbocycles. The summed E-state index contributed by atoms with van der Waals surface area (Å²) in [4.78, 5) is 37.8. The number of phosphoric acid groups is 1. The fourth-order valence-electron chi connectivity index (χ4n) is 9.87. The Hall–Kier alpha value is -2.55. The Morgan fingerprint density at radius 1 is 0.444 bits per heavy atom. The fourth-order valence-corrected chi connectivity index (χ4v) is 10.6. The van der Waals surface area contributed by atoms with Gasteiger partial charge < -0.3 is 19.4 Å². The number of quaternary nitrogens is 1. The molecule has 3 atom stereocenters. The van der Waals surface area contributed by atoms with Gasteiger partial charge in [-0.15, -0.1) is 0 Å². The minimum Gasteiger partial charge on any atom is -0.456 e. The van der Waals surface area contributed by atoms with Crippen LogP contribution >= 0.6 is 7.82 Å². The predicted molar refractivity (Wildman–Crippen MR) is 351 cm³/mol. The number of phosphoric ester groups is 1. The normalized spacial score (nSPS) is 14.0. The molecule has 0 aliphatic heterocycles. The second kappa shape index (κ2) is 60.6. The van der Waals surface area contributed by atoms with E-state index in [2.05, 4.69) is 86.8 Å². The van der Waals surface area contributed by atoms with Gasteiger partial charge in [0, 0.05) is 12.8 Å². The lowest BCUT2D eigenvalue weighted by molar-refractivity contribution is -0.870. The largest absolute Gasteiger partial charge is 0.472 e. The van der Waals surface area contributed by atoms with E-state index in [0.717, 1.165) is 96.3 Å². The minimum absolute atomic E-state index is 0.0364. The third-order valence-electron chi connectivity index (χ3n) is 15.1. The first-order chi connectivity index (χ1) is 39.4. The third-order valence-corrected chi connectivity index (χ3v) is 16.1. The molecule has 0 rings (SSSR count). The van der Waals surface area contributed by atoms with Crippen molar-refractivity contribution in [2.75, 3.05) is 40.9 Å². The van der Waals surface area contributed by atoms with Gasteiger partial charge in [-0.1, -0.05) is 280 Å². The van der Waals surface area contributed by atoms with E-state index in [0.29, 0.717) is 17.4 Å². The van der Waals surface area contributed by atoms with Gasteiger partial charge in [-0.25, -0.2) is 4.57 Å². The second-order valence-corrected chi connectivity index (χ2v) is 25.8. The average molecular weight is 1160 g/mol. The number of likely N-dealkylation sites (N-methyl/N-ethyl adjacent to an activating group) is 1. The Morgan fingerprint density at radius 2 is 0.790 bits per heavy atom. The van der Waals surface area contributed by atoms with Crippen LogP contribution in [-0.4, -0.2) is 74.3 Å². The van der Waals surface area contributed by atoms with Crippen molar-refractivity contribution in [3.05, 3.63) is 72.9 Å². The lowest BCUT2D eigenvalue weighted by Crippen LogP contribution is -2.47. The highest BCUT2D eigenvalue weighted by Gasteiger charge is 2.30. The highest BCUT2D eigenvalue weighted by atomic mass is 31.2. The Morgan fingerprint density at radius 3 is 1.21 bits per heavy atom. The molecular weight excluding hydrogens is 1020 g/mol. The molecule has 0 aromatic carbocycles. The van der Waals surface area contributed by atoms with E-state index in [1.165, 1.54) is 186 Å². The summed E-state index contributed by atoms with van der Waals surface area (Å²) in [6.07, 6.45) is 79.2. The van der Waals surface area contributed by atoms with Gasteiger partial charge in [-0.3, -0.25) is 18.6 Å². The lowest BCUT2D eigenvalue weighted by Gasteiger charge is -2.27. The standard InChI is InChI=1S/C71H131N2O7P/c1-7-10-13-16-19-22-25-28-30-32-33-34-35-36-37-38-39-40-41-42-44-46-49-52-55-58-61-64-71(75)80-69(62-59-56-53-50-47-27-24-21-18-15-12-9-3)68(67-79-81(76,77)78-66-65-73(4,5)6)72-70(74)63-60-57-54-51-48-45-43-31-29-26-23-20-17-14-11-8-2/h11,14,19-20,22-23,28-31,59,62,68-69H,7-10,12-13,15-18,21,24-27,32-58,60-61,63-67H2,1-6H3,(H-,72,74,76,77)/p+1/b14-11+,22-19-,23-20+,30-28-,31-29+,62-59-. The molecule has 0 saturated carbocycles. The highest BCUT2D eigenvalue weighted by Crippen LogP contribution is 2.43. The zero-order chi connectivity index (χ0) is 59.3. The second-order valence-electron chi connectivity index (χ2n) is 24.3. The molecule has 10 heteroatoms. The number of esters is 1. The molecule has 0 radical (unpaired) electrons. The van der Waals surface area contributed by atoms with Crippen molar-refractivity contribution < 1.29 is 37.3 Å². The number of hydrogen-bond donors (Lipinski definition) is 2. The zero-order valence-electron chi connectivity index (χ0n) is 54.0. The summed E-state index contributed by atoms with van der Waals surface area (Å²) in [6.45, 7) is 6.89. The first kappa shape index (κ1) is 78.5. The van der Waals surface area contributed by atoms with E-state index in [9.17, 15) is 19.0 Å². The summed E-state index contributed by atoms with van der Waals surface area (Å²) in [5, 5.41) is 3.06. The van der Waals surface area contributed by atoms with Crippen LogP contribution in [0.1, 0.15) is 316 Å². The summed E-state index contributed by atoms with van der Waals surface area (Å²) in [7, 11) is 1.49. The molecule has 1 amide bonds. The molecule has 0 fully saturated rings. The number of allylic oxidation sites excluding steroid dienone is 11. The maximum atomic E-state index is 13.6. The number of amides is 1. The number of unbranched alkanes of at least 4 members (excludes halogenated alkanes) is 36. The molecular formula is C71H132N2O7P+. The average Bonchev–Trinajstić information content (AvgIpc) is 3.44. The van der Waals surface area contributed by atoms with Crippen LogP contribution in [0.5, 0.6) is 0 Å². The van der Waals surface area contributed by atoms with Crippen LogP contribution in [0, 0.1) is 0 Å². The van der Waals surface area contributed by atoms with Crippen molar-refractivity contribution >= 4 is 19.7 Å². The third kappa shape index (κ3) is 61.8. The van der Waals surface area contributed by atoms with Gasteiger partial charge in [-0.2, -0.15) is 0 Å². The van der Waals surface area contributed by atoms with Crippen LogP contribution in [-0.2, 0) is 27.9 Å². The van der Waals surface area contributed by atoms with Crippen LogP contribution in [0.25, 0.3) is 0 Å². The monoisotopic (exact) mass is 1160 g/mol. The first-order valence-electron chi connectivity index (χ1n) is 34.3. The number of carbonyl (C=O) groups excluding carboxylic acids is 2. The Balaban J connectivity index is 5.02. The van der Waals surface area contributed by atoms with Gasteiger partial charge in [0.2, 0.25) is 5.91 Å². The van der Waals surface area contributed by atoms with Crippen molar-refractivity contribution in [3.8, 4) is 0 Å². The van der Waals surface area contributed by atoms with Gasteiger partial charge in [-0.05, 0) is 96.0 Å². The van der Waals surface area contributed by atoms with E-state index in [1.807, 2.05) is 33.3 Å². The zero-order valence-corrected chi connectivity index (χ0v) is 54.9. The van der Waals surface area contributed by atoms with Crippen molar-refractivity contribution in [2.24, 2.45) is 0 Å². The number of rotatable bonds is 62. The van der Waals surface area contributed by atoms with E-state index >= 15 is 0 Å². The maximum absolute atomic E-state index is 13.6. The minimum atomic E-state index is -4.46. The molecule has 472 valence electrons. The topological polar surface area (TPSA) is 111 Å². The molecule has 0 aromatic rings. The molecule has 81 heavy (non-hydrogen) atoms. The number of nitrogens with one attached hydrogen (secondary N) is 1. The van der Waals surface area contributed by atoms with Crippen molar-refractivity contribution in [1.82, 2.24) is 5.32 Å². The van der Waals surface area contributed by atoms with Gasteiger partial charge in [0.25, 0.3) is 0 Å². The molecule has 3 unspecified atom stereocenters. The van der Waals surface area contributed by atoms with Gasteiger partial charge >= 0.3 is 13.8 Å². The molecule has 0 aromatic heterocycles. The fraction of sp³-hybridized carbons (Fsp3) is 0.803. The first-order valence-corrected chi connectivity index (χ1v) is 35.8. The molecule has 0 saturated heterocycles. The van der Waals surface area contributed by atoms with E-state index in [1.54, 1.807) is 0 Å². The van der Waals surface area contributed by atoms with E-state index in [4.69, 9.17) is 13.8 Å². The molecule has 0 aliphatic rings. The lowest BCUT2D eigenvalue weighted by atomic mass is 10.0. The molecule has 0 bridgehead atoms. The van der Waals surface area contributed by atoms with Crippen molar-refractivity contribution in [2.45, 2.75) is 328 Å². The Labute approximate surface area is 502 Å². The van der Waals surface area contributed by atoms with Crippen LogP contribution in [0.3, 0.4) is 0 Å². The van der Waals surface area contributed by atoms with Crippen molar-refractivity contribution in [3.63, 3.8) is 0 Å². The summed E-state index contributed by atoms with van der Waals surface area (Å²) in [5.41, 5.74) is 0. The summed E-state index contributed by atoms with van der Waals surface area (Å²) < 4.78 is 30.8. The SMILES string of the molecule is CC/C=C/C/C=C/C/C=C/CCCCCCCCC(=O)NC(COP(=O)(O)OCC[N+](C)(C)C)C(/C=C\CCCCCCCCCCCC)OC(=O)CCCCCCCCCCCCCCCCCCC/C=C\C/C=C\CCCCC. The van der Waals surface area contributed by atoms with Crippen LogP contribution in [0.2, 0.25) is 0 Å². The Kier molecular flexibility index (Phi) is 58.7. The smallest absolute Gasteiger partial charge is 0.456 e.